The zero-order valence-corrected chi connectivity index (χ0v) is 12.7. The van der Waals surface area contributed by atoms with Crippen molar-refractivity contribution in [2.45, 2.75) is 40.5 Å². The van der Waals surface area contributed by atoms with E-state index < -0.39 is 5.41 Å². The Balaban J connectivity index is 2.60. The largest absolute Gasteiger partial charge is 0.462 e. The van der Waals surface area contributed by atoms with Gasteiger partial charge in [-0.05, 0) is 30.7 Å². The number of carbonyl (C=O) groups excluding carboxylic acids is 2. The molecule has 1 N–H and O–H groups in total. The number of hydrogen-bond donors (Lipinski definition) is 1. The maximum absolute atomic E-state index is 11.8. The molecule has 1 aromatic carbocycles. The van der Waals surface area contributed by atoms with Crippen molar-refractivity contribution in [3.8, 4) is 0 Å². The molecule has 20 heavy (non-hydrogen) atoms. The van der Waals surface area contributed by atoms with Crippen LogP contribution in [0.25, 0.3) is 0 Å². The molecule has 0 atom stereocenters. The van der Waals surface area contributed by atoms with Gasteiger partial charge in [-0.15, -0.1) is 0 Å². The first-order chi connectivity index (χ1) is 9.34. The molecule has 4 nitrogen and oxygen atoms in total. The van der Waals surface area contributed by atoms with Crippen LogP contribution in [0, 0.1) is 5.41 Å². The van der Waals surface area contributed by atoms with Gasteiger partial charge in [0.1, 0.15) is 0 Å². The number of unbranched alkanes of at least 4 members (excludes halogenated alkanes) is 1. The molecule has 0 saturated carbocycles. The second-order valence-corrected chi connectivity index (χ2v) is 5.77. The van der Waals surface area contributed by atoms with Crippen molar-refractivity contribution in [1.82, 2.24) is 0 Å². The predicted molar refractivity (Wildman–Crippen MR) is 79.7 cm³/mol. The fourth-order valence-corrected chi connectivity index (χ4v) is 1.40. The standard InChI is InChI=1S/C16H23NO3/c1-5-6-11-20-14(18)12-7-9-13(10-8-12)17-15(19)16(2,3)4/h7-10H,5-6,11H2,1-4H3,(H,17,19). The molecule has 0 aliphatic rings. The van der Waals surface area contributed by atoms with Crippen molar-refractivity contribution >= 4 is 17.6 Å². The maximum atomic E-state index is 11.8. The first kappa shape index (κ1) is 16.2. The highest BCUT2D eigenvalue weighted by molar-refractivity contribution is 5.95. The van der Waals surface area contributed by atoms with E-state index in [9.17, 15) is 9.59 Å². The third-order valence-corrected chi connectivity index (χ3v) is 2.79. The van der Waals surface area contributed by atoms with E-state index in [1.54, 1.807) is 24.3 Å². The summed E-state index contributed by atoms with van der Waals surface area (Å²) < 4.78 is 5.12. The van der Waals surface area contributed by atoms with Crippen molar-refractivity contribution in [3.05, 3.63) is 29.8 Å². The van der Waals surface area contributed by atoms with Crippen molar-refractivity contribution in [2.75, 3.05) is 11.9 Å². The summed E-state index contributed by atoms with van der Waals surface area (Å²) in [7, 11) is 0. The van der Waals surface area contributed by atoms with Gasteiger partial charge in [-0.1, -0.05) is 34.1 Å². The summed E-state index contributed by atoms with van der Waals surface area (Å²) in [6, 6.07) is 6.74. The van der Waals surface area contributed by atoms with Crippen LogP contribution in [0.2, 0.25) is 0 Å². The topological polar surface area (TPSA) is 55.4 Å². The number of amides is 1. The molecule has 1 amide bonds. The van der Waals surface area contributed by atoms with Gasteiger partial charge in [0.05, 0.1) is 12.2 Å². The highest BCUT2D eigenvalue weighted by Crippen LogP contribution is 2.18. The van der Waals surface area contributed by atoms with E-state index in [4.69, 9.17) is 4.74 Å². The number of ether oxygens (including phenoxy) is 1. The van der Waals surface area contributed by atoms with Gasteiger partial charge >= 0.3 is 5.97 Å². The zero-order valence-electron chi connectivity index (χ0n) is 12.7. The molecule has 1 rings (SSSR count). The van der Waals surface area contributed by atoms with Gasteiger partial charge in [-0.25, -0.2) is 4.79 Å². The summed E-state index contributed by atoms with van der Waals surface area (Å²) in [6.45, 7) is 8.03. The smallest absolute Gasteiger partial charge is 0.338 e. The fraction of sp³-hybridized carbons (Fsp3) is 0.500. The number of benzene rings is 1. The molecule has 0 unspecified atom stereocenters. The van der Waals surface area contributed by atoms with Crippen LogP contribution in [0.5, 0.6) is 0 Å². The monoisotopic (exact) mass is 277 g/mol. The summed E-state index contributed by atoms with van der Waals surface area (Å²) in [4.78, 5) is 23.5. The third kappa shape index (κ3) is 5.03. The predicted octanol–water partition coefficient (Wildman–Crippen LogP) is 3.63. The lowest BCUT2D eigenvalue weighted by Gasteiger charge is -2.17. The summed E-state index contributed by atoms with van der Waals surface area (Å²) in [5, 5.41) is 2.81. The van der Waals surface area contributed by atoms with Crippen LogP contribution < -0.4 is 5.32 Å². The van der Waals surface area contributed by atoms with E-state index in [1.165, 1.54) is 0 Å². The number of nitrogens with one attached hydrogen (secondary N) is 1. The Kier molecular flexibility index (Phi) is 5.74. The van der Waals surface area contributed by atoms with E-state index in [0.717, 1.165) is 12.8 Å². The molecule has 110 valence electrons. The Bertz CT molecular complexity index is 458. The summed E-state index contributed by atoms with van der Waals surface area (Å²) in [5.74, 6) is -0.386. The minimum Gasteiger partial charge on any atom is -0.462 e. The van der Waals surface area contributed by atoms with Gasteiger partial charge in [0.2, 0.25) is 5.91 Å². The van der Waals surface area contributed by atoms with Gasteiger partial charge < -0.3 is 10.1 Å². The molecule has 0 radical (unpaired) electrons. The zero-order chi connectivity index (χ0) is 15.2. The minimum absolute atomic E-state index is 0.0595. The van der Waals surface area contributed by atoms with Crippen molar-refractivity contribution in [3.63, 3.8) is 0 Å². The molecule has 0 spiro atoms. The lowest BCUT2D eigenvalue weighted by molar-refractivity contribution is -0.123. The number of esters is 1. The van der Waals surface area contributed by atoms with Crippen LogP contribution in [0.4, 0.5) is 5.69 Å². The first-order valence-electron chi connectivity index (χ1n) is 6.93. The third-order valence-electron chi connectivity index (χ3n) is 2.79. The number of carbonyl (C=O) groups is 2. The molecule has 0 aromatic heterocycles. The maximum Gasteiger partial charge on any atom is 0.338 e. The Morgan fingerprint density at radius 3 is 2.25 bits per heavy atom. The average molecular weight is 277 g/mol. The first-order valence-corrected chi connectivity index (χ1v) is 6.93. The van der Waals surface area contributed by atoms with E-state index in [1.807, 2.05) is 27.7 Å². The van der Waals surface area contributed by atoms with Crippen LogP contribution >= 0.6 is 0 Å². The van der Waals surface area contributed by atoms with E-state index >= 15 is 0 Å². The van der Waals surface area contributed by atoms with Gasteiger partial charge in [-0.3, -0.25) is 4.79 Å². The van der Waals surface area contributed by atoms with Crippen LogP contribution in [-0.4, -0.2) is 18.5 Å². The number of rotatable bonds is 5. The Hall–Kier alpha value is -1.84. The Labute approximate surface area is 120 Å². The second-order valence-electron chi connectivity index (χ2n) is 5.77. The quantitative estimate of drug-likeness (QED) is 0.660. The lowest BCUT2D eigenvalue weighted by Crippen LogP contribution is -2.27. The molecule has 1 aromatic rings. The van der Waals surface area contributed by atoms with Crippen molar-refractivity contribution < 1.29 is 14.3 Å². The average Bonchev–Trinajstić information content (AvgIpc) is 2.38. The molecule has 0 aliphatic heterocycles. The van der Waals surface area contributed by atoms with E-state index in [0.29, 0.717) is 17.9 Å². The summed E-state index contributed by atoms with van der Waals surface area (Å²) in [5.41, 5.74) is 0.725. The molecular formula is C16H23NO3. The lowest BCUT2D eigenvalue weighted by atomic mass is 9.95. The molecule has 4 heteroatoms. The highest BCUT2D eigenvalue weighted by atomic mass is 16.5. The molecule has 0 fully saturated rings. The molecule has 0 bridgehead atoms. The van der Waals surface area contributed by atoms with Gasteiger partial charge in [0.15, 0.2) is 0 Å². The Morgan fingerprint density at radius 2 is 1.75 bits per heavy atom. The highest BCUT2D eigenvalue weighted by Gasteiger charge is 2.21. The minimum atomic E-state index is -0.447. The van der Waals surface area contributed by atoms with Gasteiger partial charge in [0, 0.05) is 11.1 Å². The van der Waals surface area contributed by atoms with Crippen molar-refractivity contribution in [1.29, 1.82) is 0 Å². The summed E-state index contributed by atoms with van der Waals surface area (Å²) >= 11 is 0. The fourth-order valence-electron chi connectivity index (χ4n) is 1.40. The molecule has 0 saturated heterocycles. The van der Waals surface area contributed by atoms with Crippen LogP contribution in [0.1, 0.15) is 50.9 Å². The van der Waals surface area contributed by atoms with Gasteiger partial charge in [0.25, 0.3) is 0 Å². The van der Waals surface area contributed by atoms with E-state index in [-0.39, 0.29) is 11.9 Å². The normalized spacial score (nSPS) is 11.0. The number of anilines is 1. The second kappa shape index (κ2) is 7.08. The van der Waals surface area contributed by atoms with Gasteiger partial charge in [-0.2, -0.15) is 0 Å². The van der Waals surface area contributed by atoms with Crippen LogP contribution in [0.15, 0.2) is 24.3 Å². The SMILES string of the molecule is CCCCOC(=O)c1ccc(NC(=O)C(C)(C)C)cc1. The van der Waals surface area contributed by atoms with Crippen LogP contribution in [-0.2, 0) is 9.53 Å². The van der Waals surface area contributed by atoms with Crippen molar-refractivity contribution in [2.24, 2.45) is 5.41 Å². The molecule has 0 heterocycles. The van der Waals surface area contributed by atoms with E-state index in [2.05, 4.69) is 5.32 Å². The summed E-state index contributed by atoms with van der Waals surface area (Å²) in [6.07, 6.45) is 1.86. The molecular weight excluding hydrogens is 254 g/mol. The Morgan fingerprint density at radius 1 is 1.15 bits per heavy atom. The molecule has 0 aliphatic carbocycles. The number of hydrogen-bond acceptors (Lipinski definition) is 3. The van der Waals surface area contributed by atoms with Crippen LogP contribution in [0.3, 0.4) is 0 Å².